The second-order valence-corrected chi connectivity index (χ2v) is 3.36. The number of rotatable bonds is 2. The Morgan fingerprint density at radius 3 is 2.91 bits per heavy atom. The second kappa shape index (κ2) is 4.42. The zero-order valence-corrected chi connectivity index (χ0v) is 7.77. The van der Waals surface area contributed by atoms with E-state index >= 15 is 0 Å². The maximum absolute atomic E-state index is 2.40. The van der Waals surface area contributed by atoms with Crippen molar-refractivity contribution in [3.8, 4) is 0 Å². The minimum Gasteiger partial charge on any atom is -0.378 e. The van der Waals surface area contributed by atoms with Crippen LogP contribution >= 0.6 is 0 Å². The van der Waals surface area contributed by atoms with Crippen molar-refractivity contribution in [1.29, 1.82) is 0 Å². The van der Waals surface area contributed by atoms with Crippen LogP contribution in [0.5, 0.6) is 0 Å². The maximum atomic E-state index is 2.40. The van der Waals surface area contributed by atoms with Gasteiger partial charge in [0, 0.05) is 19.3 Å². The first-order valence-electron chi connectivity index (χ1n) is 4.74. The Morgan fingerprint density at radius 1 is 1.45 bits per heavy atom. The molecule has 0 amide bonds. The molecule has 0 aromatic carbocycles. The van der Waals surface area contributed by atoms with Gasteiger partial charge in [-0.3, -0.25) is 0 Å². The molecule has 0 bridgehead atoms. The molecule has 11 heavy (non-hydrogen) atoms. The van der Waals surface area contributed by atoms with E-state index in [2.05, 4.69) is 24.9 Å². The Bertz CT molecular complexity index is 138. The lowest BCUT2D eigenvalue weighted by atomic mass is 10.1. The Kier molecular flexibility index (Phi) is 3.47. The van der Waals surface area contributed by atoms with Gasteiger partial charge in [0.05, 0.1) is 0 Å². The van der Waals surface area contributed by atoms with Gasteiger partial charge in [-0.25, -0.2) is 0 Å². The van der Waals surface area contributed by atoms with E-state index in [-0.39, 0.29) is 0 Å². The van der Waals surface area contributed by atoms with Crippen LogP contribution in [0.15, 0.2) is 11.8 Å². The van der Waals surface area contributed by atoms with Gasteiger partial charge in [0.25, 0.3) is 0 Å². The van der Waals surface area contributed by atoms with Gasteiger partial charge in [0.1, 0.15) is 0 Å². The summed E-state index contributed by atoms with van der Waals surface area (Å²) in [5.74, 6) is 0. The van der Waals surface area contributed by atoms with Gasteiger partial charge in [-0.1, -0.05) is 19.4 Å². The third kappa shape index (κ3) is 2.57. The normalized spacial score (nSPS) is 22.7. The number of hydrogen-bond acceptors (Lipinski definition) is 1. The fourth-order valence-electron chi connectivity index (χ4n) is 1.56. The molecule has 1 saturated heterocycles. The van der Waals surface area contributed by atoms with Crippen LogP contribution in [0.1, 0.15) is 39.0 Å². The second-order valence-electron chi connectivity index (χ2n) is 3.36. The van der Waals surface area contributed by atoms with E-state index in [0.29, 0.717) is 0 Å². The molecule has 1 heterocycles. The van der Waals surface area contributed by atoms with Gasteiger partial charge in [0.15, 0.2) is 0 Å². The van der Waals surface area contributed by atoms with Gasteiger partial charge >= 0.3 is 0 Å². The fraction of sp³-hybridized carbons (Fsp3) is 0.800. The molecule has 0 N–H and O–H groups in total. The molecule has 0 atom stereocenters. The summed E-state index contributed by atoms with van der Waals surface area (Å²) in [6.07, 6.45) is 8.99. The summed E-state index contributed by atoms with van der Waals surface area (Å²) in [6.45, 7) is 3.50. The van der Waals surface area contributed by atoms with Crippen molar-refractivity contribution in [3.63, 3.8) is 0 Å². The standard InChI is InChI=1S/C10H19N/c1-3-4-7-10-8-5-6-9-11(10)2/h7H,3-6,8-9H2,1-2H3. The smallest absolute Gasteiger partial charge is 0.0171 e. The van der Waals surface area contributed by atoms with Crippen molar-refractivity contribution in [2.24, 2.45) is 0 Å². The van der Waals surface area contributed by atoms with Crippen LogP contribution in [0, 0.1) is 0 Å². The van der Waals surface area contributed by atoms with Gasteiger partial charge in [0.2, 0.25) is 0 Å². The Morgan fingerprint density at radius 2 is 2.27 bits per heavy atom. The van der Waals surface area contributed by atoms with Crippen molar-refractivity contribution in [2.75, 3.05) is 13.6 Å². The lowest BCUT2D eigenvalue weighted by Crippen LogP contribution is -2.23. The minimum atomic E-state index is 1.25. The highest BCUT2D eigenvalue weighted by Gasteiger charge is 2.08. The molecule has 1 nitrogen and oxygen atoms in total. The van der Waals surface area contributed by atoms with Gasteiger partial charge in [-0.15, -0.1) is 0 Å². The van der Waals surface area contributed by atoms with Crippen LogP contribution in [-0.2, 0) is 0 Å². The van der Waals surface area contributed by atoms with Crippen LogP contribution in [0.25, 0.3) is 0 Å². The van der Waals surface area contributed by atoms with E-state index in [9.17, 15) is 0 Å². The molecule has 0 radical (unpaired) electrons. The summed E-state index contributed by atoms with van der Waals surface area (Å²) in [6, 6.07) is 0. The first-order chi connectivity index (χ1) is 5.34. The number of unbranched alkanes of at least 4 members (excludes halogenated alkanes) is 1. The monoisotopic (exact) mass is 153 g/mol. The predicted molar refractivity (Wildman–Crippen MR) is 49.5 cm³/mol. The largest absolute Gasteiger partial charge is 0.378 e. The lowest BCUT2D eigenvalue weighted by Gasteiger charge is -2.27. The molecule has 1 aliphatic heterocycles. The molecule has 64 valence electrons. The molecule has 0 aliphatic carbocycles. The van der Waals surface area contributed by atoms with Crippen molar-refractivity contribution in [2.45, 2.75) is 39.0 Å². The third-order valence-electron chi connectivity index (χ3n) is 2.34. The summed E-state index contributed by atoms with van der Waals surface area (Å²) < 4.78 is 0. The summed E-state index contributed by atoms with van der Waals surface area (Å²) in [7, 11) is 2.21. The molecule has 1 rings (SSSR count). The highest BCUT2D eigenvalue weighted by atomic mass is 15.1. The van der Waals surface area contributed by atoms with E-state index in [1.165, 1.54) is 38.6 Å². The number of allylic oxidation sites excluding steroid dienone is 2. The molecule has 1 fully saturated rings. The van der Waals surface area contributed by atoms with Crippen molar-refractivity contribution < 1.29 is 0 Å². The minimum absolute atomic E-state index is 1.25. The van der Waals surface area contributed by atoms with Crippen LogP contribution in [-0.4, -0.2) is 18.5 Å². The van der Waals surface area contributed by atoms with E-state index in [1.54, 1.807) is 5.70 Å². The molecule has 0 spiro atoms. The molecular formula is C10H19N. The highest BCUT2D eigenvalue weighted by molar-refractivity contribution is 5.02. The van der Waals surface area contributed by atoms with Crippen LogP contribution < -0.4 is 0 Å². The Labute approximate surface area is 70.1 Å². The van der Waals surface area contributed by atoms with Crippen LogP contribution in [0.3, 0.4) is 0 Å². The van der Waals surface area contributed by atoms with E-state index in [4.69, 9.17) is 0 Å². The average Bonchev–Trinajstić information content (AvgIpc) is 2.03. The molecule has 0 aromatic rings. The number of likely N-dealkylation sites (tertiary alicyclic amines) is 1. The molecule has 0 aromatic heterocycles. The highest BCUT2D eigenvalue weighted by Crippen LogP contribution is 2.18. The summed E-state index contributed by atoms with van der Waals surface area (Å²) in [5.41, 5.74) is 1.57. The van der Waals surface area contributed by atoms with Crippen molar-refractivity contribution in [3.05, 3.63) is 11.8 Å². The number of nitrogens with zero attached hydrogens (tertiary/aromatic N) is 1. The summed E-state index contributed by atoms with van der Waals surface area (Å²) in [5, 5.41) is 0. The molecular weight excluding hydrogens is 134 g/mol. The molecule has 1 heteroatoms. The first-order valence-corrected chi connectivity index (χ1v) is 4.74. The fourth-order valence-corrected chi connectivity index (χ4v) is 1.56. The number of piperidine rings is 1. The van der Waals surface area contributed by atoms with Crippen LogP contribution in [0.2, 0.25) is 0 Å². The zero-order valence-electron chi connectivity index (χ0n) is 7.77. The SMILES string of the molecule is CCCC=C1CCCCN1C. The lowest BCUT2D eigenvalue weighted by molar-refractivity contribution is 0.343. The summed E-state index contributed by atoms with van der Waals surface area (Å²) >= 11 is 0. The van der Waals surface area contributed by atoms with E-state index in [1.807, 2.05) is 0 Å². The molecule has 0 saturated carbocycles. The molecule has 0 unspecified atom stereocenters. The van der Waals surface area contributed by atoms with Crippen LogP contribution in [0.4, 0.5) is 0 Å². The zero-order chi connectivity index (χ0) is 8.10. The Hall–Kier alpha value is -0.460. The third-order valence-corrected chi connectivity index (χ3v) is 2.34. The molecule has 1 aliphatic rings. The van der Waals surface area contributed by atoms with Gasteiger partial charge in [-0.2, -0.15) is 0 Å². The average molecular weight is 153 g/mol. The van der Waals surface area contributed by atoms with Crippen molar-refractivity contribution in [1.82, 2.24) is 4.90 Å². The Balaban J connectivity index is 2.40. The van der Waals surface area contributed by atoms with Gasteiger partial charge < -0.3 is 4.90 Å². The quantitative estimate of drug-likeness (QED) is 0.589. The summed E-state index contributed by atoms with van der Waals surface area (Å²) in [4.78, 5) is 2.40. The maximum Gasteiger partial charge on any atom is 0.0171 e. The first kappa shape index (κ1) is 8.63. The van der Waals surface area contributed by atoms with E-state index < -0.39 is 0 Å². The number of hydrogen-bond donors (Lipinski definition) is 0. The predicted octanol–water partition coefficient (Wildman–Crippen LogP) is 2.79. The van der Waals surface area contributed by atoms with Crippen molar-refractivity contribution >= 4 is 0 Å². The van der Waals surface area contributed by atoms with Gasteiger partial charge in [-0.05, 0) is 25.7 Å². The van der Waals surface area contributed by atoms with E-state index in [0.717, 1.165) is 0 Å². The topological polar surface area (TPSA) is 3.24 Å².